The van der Waals surface area contributed by atoms with Gasteiger partial charge in [0.2, 0.25) is 6.10 Å². The van der Waals surface area contributed by atoms with Gasteiger partial charge in [-0.1, -0.05) is 13.8 Å². The van der Waals surface area contributed by atoms with Gasteiger partial charge in [0.05, 0.1) is 6.42 Å². The van der Waals surface area contributed by atoms with E-state index in [4.69, 9.17) is 4.74 Å². The minimum atomic E-state index is -4.75. The van der Waals surface area contributed by atoms with Gasteiger partial charge in [-0.25, -0.2) is 0 Å². The molecule has 4 aliphatic carbocycles. The van der Waals surface area contributed by atoms with E-state index in [2.05, 4.69) is 18.6 Å². The number of hydrogen-bond donors (Lipinski definition) is 0. The van der Waals surface area contributed by atoms with E-state index in [1.54, 1.807) is 0 Å². The van der Waals surface area contributed by atoms with Crippen molar-refractivity contribution in [1.29, 1.82) is 0 Å². The molecule has 4 aliphatic rings. The number of alkyl halides is 3. The summed E-state index contributed by atoms with van der Waals surface area (Å²) in [5.74, 6) is -0.217. The maximum atomic E-state index is 13.4. The number of ketones is 1. The van der Waals surface area contributed by atoms with E-state index in [1.165, 1.54) is 6.92 Å². The SMILES string of the molecule is CC(=O)O[C@@H]1CC[C@@]2(C)[C@@H](CC[C@@H]3[C@@H]2CC[C@]2(C)[C@@H](C(=O)C[C@H](OC(C)=O)C(F)(F)F)CC[C@@H]32)C1. The molecule has 0 spiro atoms. The Kier molecular flexibility index (Phi) is 7.08. The molecular formula is C27H39F3O5. The molecule has 0 unspecified atom stereocenters. The van der Waals surface area contributed by atoms with Gasteiger partial charge in [0.15, 0.2) is 0 Å². The predicted octanol–water partition coefficient (Wildman–Crippen LogP) is 6.03. The first kappa shape index (κ1) is 26.5. The topological polar surface area (TPSA) is 69.7 Å². The smallest absolute Gasteiger partial charge is 0.425 e. The number of rotatable bonds is 5. The quantitative estimate of drug-likeness (QED) is 0.431. The highest BCUT2D eigenvalue weighted by Crippen LogP contribution is 2.67. The van der Waals surface area contributed by atoms with Crippen molar-refractivity contribution in [2.24, 2.45) is 40.4 Å². The highest BCUT2D eigenvalue weighted by molar-refractivity contribution is 5.83. The fraction of sp³-hybridized carbons (Fsp3) is 0.889. The van der Waals surface area contributed by atoms with Crippen LogP contribution in [0.1, 0.15) is 91.9 Å². The average molecular weight is 501 g/mol. The van der Waals surface area contributed by atoms with E-state index in [1.807, 2.05) is 0 Å². The fourth-order valence-electron chi connectivity index (χ4n) is 8.84. The van der Waals surface area contributed by atoms with Gasteiger partial charge >= 0.3 is 18.1 Å². The van der Waals surface area contributed by atoms with Gasteiger partial charge in [0, 0.05) is 19.8 Å². The van der Waals surface area contributed by atoms with E-state index in [0.717, 1.165) is 58.3 Å². The van der Waals surface area contributed by atoms with Gasteiger partial charge in [0.25, 0.3) is 0 Å². The molecule has 0 heterocycles. The minimum Gasteiger partial charge on any atom is -0.463 e. The lowest BCUT2D eigenvalue weighted by Crippen LogP contribution is -2.54. The second-order valence-electron chi connectivity index (χ2n) is 12.1. The third kappa shape index (κ3) is 4.87. The third-order valence-electron chi connectivity index (χ3n) is 10.4. The summed E-state index contributed by atoms with van der Waals surface area (Å²) in [4.78, 5) is 35.9. The maximum absolute atomic E-state index is 13.4. The van der Waals surface area contributed by atoms with Crippen molar-refractivity contribution in [3.63, 3.8) is 0 Å². The van der Waals surface area contributed by atoms with E-state index in [-0.39, 0.29) is 22.9 Å². The van der Waals surface area contributed by atoms with Crippen LogP contribution in [0.5, 0.6) is 0 Å². The van der Waals surface area contributed by atoms with Crippen molar-refractivity contribution in [2.75, 3.05) is 0 Å². The van der Waals surface area contributed by atoms with Crippen LogP contribution in [0.15, 0.2) is 0 Å². The van der Waals surface area contributed by atoms with Gasteiger partial charge in [-0.2, -0.15) is 13.2 Å². The summed E-state index contributed by atoms with van der Waals surface area (Å²) in [7, 11) is 0. The Morgan fingerprint density at radius 2 is 1.54 bits per heavy atom. The van der Waals surface area contributed by atoms with Crippen molar-refractivity contribution in [2.45, 2.75) is 110 Å². The second-order valence-corrected chi connectivity index (χ2v) is 12.1. The van der Waals surface area contributed by atoms with Gasteiger partial charge in [-0.15, -0.1) is 0 Å². The molecule has 4 saturated carbocycles. The van der Waals surface area contributed by atoms with Crippen molar-refractivity contribution in [1.82, 2.24) is 0 Å². The highest BCUT2D eigenvalue weighted by atomic mass is 19.4. The molecule has 5 nitrogen and oxygen atoms in total. The molecule has 8 heteroatoms. The molecule has 198 valence electrons. The van der Waals surface area contributed by atoms with E-state index in [9.17, 15) is 27.6 Å². The standard InChI is InChI=1S/C27H39F3O5/c1-15(31)34-18-9-11-25(3)17(13-18)5-6-19-20-7-8-22(26(20,4)12-10-21(19)25)23(33)14-24(27(28,29)30)35-16(2)32/h17-22,24H,5-14H2,1-4H3/t17-,18+,19-,20-,21-,22+,24-,25-,26-/m0/s1. The molecule has 0 radical (unpaired) electrons. The van der Waals surface area contributed by atoms with Crippen LogP contribution in [0.2, 0.25) is 0 Å². The van der Waals surface area contributed by atoms with Crippen molar-refractivity contribution in [3.05, 3.63) is 0 Å². The molecule has 4 rings (SSSR count). The molecule has 9 atom stereocenters. The summed E-state index contributed by atoms with van der Waals surface area (Å²) < 4.78 is 50.3. The zero-order valence-corrected chi connectivity index (χ0v) is 21.3. The summed E-state index contributed by atoms with van der Waals surface area (Å²) in [5.41, 5.74) is -0.123. The first-order valence-electron chi connectivity index (χ1n) is 13.2. The van der Waals surface area contributed by atoms with Crippen molar-refractivity contribution >= 4 is 17.7 Å². The Hall–Kier alpha value is -1.60. The number of ether oxygens (including phenoxy) is 2. The fourth-order valence-corrected chi connectivity index (χ4v) is 8.84. The maximum Gasteiger partial charge on any atom is 0.425 e. The average Bonchev–Trinajstić information content (AvgIpc) is 3.09. The van der Waals surface area contributed by atoms with E-state index in [0.29, 0.717) is 30.1 Å². The van der Waals surface area contributed by atoms with Gasteiger partial charge < -0.3 is 9.47 Å². The Morgan fingerprint density at radius 3 is 2.17 bits per heavy atom. The zero-order chi connectivity index (χ0) is 25.8. The van der Waals surface area contributed by atoms with Gasteiger partial charge in [0.1, 0.15) is 11.9 Å². The number of fused-ring (bicyclic) bond motifs is 5. The lowest BCUT2D eigenvalue weighted by molar-refractivity contribution is -0.221. The molecular weight excluding hydrogens is 461 g/mol. The summed E-state index contributed by atoms with van der Waals surface area (Å²) in [6.45, 7) is 6.91. The highest BCUT2D eigenvalue weighted by Gasteiger charge is 2.61. The summed E-state index contributed by atoms with van der Waals surface area (Å²) in [5, 5.41) is 0. The van der Waals surface area contributed by atoms with Crippen LogP contribution in [0.3, 0.4) is 0 Å². The Balaban J connectivity index is 1.47. The molecule has 0 N–H and O–H groups in total. The molecule has 0 aromatic carbocycles. The number of hydrogen-bond acceptors (Lipinski definition) is 5. The summed E-state index contributed by atoms with van der Waals surface area (Å²) in [6.07, 6.45) is 0.365. The minimum absolute atomic E-state index is 0.00302. The van der Waals surface area contributed by atoms with Crippen LogP contribution in [-0.2, 0) is 23.9 Å². The first-order chi connectivity index (χ1) is 16.3. The van der Waals surface area contributed by atoms with Crippen LogP contribution in [0.4, 0.5) is 13.2 Å². The predicted molar refractivity (Wildman–Crippen MR) is 122 cm³/mol. The van der Waals surface area contributed by atoms with Gasteiger partial charge in [-0.3, -0.25) is 14.4 Å². The third-order valence-corrected chi connectivity index (χ3v) is 10.4. The van der Waals surface area contributed by atoms with Crippen LogP contribution < -0.4 is 0 Å². The molecule has 0 aromatic rings. The second kappa shape index (κ2) is 9.37. The number of halogens is 3. The van der Waals surface area contributed by atoms with Crippen LogP contribution in [0.25, 0.3) is 0 Å². The van der Waals surface area contributed by atoms with Gasteiger partial charge in [-0.05, 0) is 92.3 Å². The van der Waals surface area contributed by atoms with Crippen molar-refractivity contribution < 1.29 is 37.0 Å². The van der Waals surface area contributed by atoms with Crippen molar-refractivity contribution in [3.8, 4) is 0 Å². The Bertz CT molecular complexity index is 856. The Morgan fingerprint density at radius 1 is 0.886 bits per heavy atom. The van der Waals surface area contributed by atoms with Crippen LogP contribution in [0, 0.1) is 40.4 Å². The summed E-state index contributed by atoms with van der Waals surface area (Å²) >= 11 is 0. The molecule has 0 aliphatic heterocycles. The molecule has 0 saturated heterocycles. The molecule has 0 aromatic heterocycles. The number of esters is 2. The van der Waals surface area contributed by atoms with Crippen LogP contribution in [-0.4, -0.2) is 36.1 Å². The number of Topliss-reactive ketones (excluding diaryl/α,β-unsaturated/α-hetero) is 1. The lowest BCUT2D eigenvalue weighted by Gasteiger charge is -2.61. The molecule has 0 bridgehead atoms. The van der Waals surface area contributed by atoms with E-state index >= 15 is 0 Å². The number of carbonyl (C=O) groups is 3. The largest absolute Gasteiger partial charge is 0.463 e. The number of carbonyl (C=O) groups excluding carboxylic acids is 3. The Labute approximate surface area is 205 Å². The normalized spacial score (nSPS) is 41.7. The zero-order valence-electron chi connectivity index (χ0n) is 21.3. The summed E-state index contributed by atoms with van der Waals surface area (Å²) in [6, 6.07) is 0. The molecule has 0 amide bonds. The lowest BCUT2D eigenvalue weighted by atomic mass is 9.44. The van der Waals surface area contributed by atoms with Crippen LogP contribution >= 0.6 is 0 Å². The molecule has 4 fully saturated rings. The first-order valence-corrected chi connectivity index (χ1v) is 13.2. The monoisotopic (exact) mass is 500 g/mol. The van der Waals surface area contributed by atoms with E-state index < -0.39 is 36.4 Å². The molecule has 35 heavy (non-hydrogen) atoms.